The molecule has 1 amide bonds. The number of nitrogens with zero attached hydrogens (tertiary/aromatic N) is 1. The van der Waals surface area contributed by atoms with Gasteiger partial charge < -0.3 is 9.32 Å². The molecule has 18 heavy (non-hydrogen) atoms. The summed E-state index contributed by atoms with van der Waals surface area (Å²) in [6.45, 7) is 2.04. The van der Waals surface area contributed by atoms with Gasteiger partial charge in [-0.25, -0.2) is 0 Å². The highest BCUT2D eigenvalue weighted by atomic mass is 16.3. The Morgan fingerprint density at radius 2 is 1.94 bits per heavy atom. The van der Waals surface area contributed by atoms with Gasteiger partial charge in [0.05, 0.1) is 6.26 Å². The molecule has 0 aliphatic carbocycles. The van der Waals surface area contributed by atoms with E-state index in [4.69, 9.17) is 4.42 Å². The van der Waals surface area contributed by atoms with E-state index in [1.54, 1.807) is 24.1 Å². The summed E-state index contributed by atoms with van der Waals surface area (Å²) in [5.41, 5.74) is 1.23. The van der Waals surface area contributed by atoms with E-state index in [9.17, 15) is 4.79 Å². The minimum absolute atomic E-state index is 0.0802. The standard InChI is InChI=1S/C15H17NO2/c1-12(11-13-7-4-3-5-8-13)16(2)15(17)14-9-6-10-18-14/h3-10,12H,11H2,1-2H3. The number of carbonyl (C=O) groups is 1. The van der Waals surface area contributed by atoms with Crippen molar-refractivity contribution in [3.8, 4) is 0 Å². The molecule has 2 rings (SSSR count). The lowest BCUT2D eigenvalue weighted by Crippen LogP contribution is -2.36. The third kappa shape index (κ3) is 2.80. The van der Waals surface area contributed by atoms with Crippen molar-refractivity contribution in [1.29, 1.82) is 0 Å². The van der Waals surface area contributed by atoms with E-state index in [1.807, 2.05) is 25.1 Å². The Balaban J connectivity index is 2.01. The van der Waals surface area contributed by atoms with Crippen LogP contribution in [0.2, 0.25) is 0 Å². The molecule has 1 atom stereocenters. The summed E-state index contributed by atoms with van der Waals surface area (Å²) in [5, 5.41) is 0. The van der Waals surface area contributed by atoms with Crippen LogP contribution in [0.15, 0.2) is 53.1 Å². The van der Waals surface area contributed by atoms with E-state index in [0.29, 0.717) is 5.76 Å². The average molecular weight is 243 g/mol. The number of hydrogen-bond donors (Lipinski definition) is 0. The van der Waals surface area contributed by atoms with Crippen LogP contribution in [0.1, 0.15) is 23.0 Å². The van der Waals surface area contributed by atoms with Crippen LogP contribution in [-0.2, 0) is 6.42 Å². The van der Waals surface area contributed by atoms with Gasteiger partial charge in [-0.3, -0.25) is 4.79 Å². The van der Waals surface area contributed by atoms with Gasteiger partial charge in [0.15, 0.2) is 5.76 Å². The van der Waals surface area contributed by atoms with Crippen molar-refractivity contribution < 1.29 is 9.21 Å². The molecule has 1 aromatic carbocycles. The molecule has 3 heteroatoms. The summed E-state index contributed by atoms with van der Waals surface area (Å²) in [5.74, 6) is 0.306. The SMILES string of the molecule is CC(Cc1ccccc1)N(C)C(=O)c1ccco1. The third-order valence-corrected chi connectivity index (χ3v) is 3.09. The number of carbonyl (C=O) groups excluding carboxylic acids is 1. The van der Waals surface area contributed by atoms with Crippen molar-refractivity contribution in [3.63, 3.8) is 0 Å². The Hall–Kier alpha value is -2.03. The normalized spacial score (nSPS) is 12.1. The monoisotopic (exact) mass is 243 g/mol. The predicted molar refractivity (Wildman–Crippen MR) is 70.4 cm³/mol. The molecule has 0 fully saturated rings. The molecular weight excluding hydrogens is 226 g/mol. The van der Waals surface area contributed by atoms with E-state index in [1.165, 1.54) is 11.8 Å². The largest absolute Gasteiger partial charge is 0.459 e. The molecule has 0 saturated carbocycles. The highest BCUT2D eigenvalue weighted by molar-refractivity contribution is 5.91. The van der Waals surface area contributed by atoms with Crippen LogP contribution in [0.4, 0.5) is 0 Å². The zero-order valence-corrected chi connectivity index (χ0v) is 10.7. The van der Waals surface area contributed by atoms with Crippen molar-refractivity contribution in [2.24, 2.45) is 0 Å². The summed E-state index contributed by atoms with van der Waals surface area (Å²) in [6, 6.07) is 13.7. The molecule has 0 spiro atoms. The highest BCUT2D eigenvalue weighted by Gasteiger charge is 2.19. The number of benzene rings is 1. The molecule has 0 aliphatic heterocycles. The fraction of sp³-hybridized carbons (Fsp3) is 0.267. The van der Waals surface area contributed by atoms with Gasteiger partial charge in [0.2, 0.25) is 0 Å². The van der Waals surface area contributed by atoms with Crippen molar-refractivity contribution >= 4 is 5.91 Å². The number of rotatable bonds is 4. The predicted octanol–water partition coefficient (Wildman–Crippen LogP) is 2.98. The lowest BCUT2D eigenvalue weighted by Gasteiger charge is -2.24. The molecule has 2 aromatic rings. The van der Waals surface area contributed by atoms with E-state index in [-0.39, 0.29) is 11.9 Å². The zero-order valence-electron chi connectivity index (χ0n) is 10.7. The first-order valence-electron chi connectivity index (χ1n) is 6.03. The maximum Gasteiger partial charge on any atom is 0.289 e. The van der Waals surface area contributed by atoms with Crippen molar-refractivity contribution in [2.45, 2.75) is 19.4 Å². The van der Waals surface area contributed by atoms with E-state index >= 15 is 0 Å². The van der Waals surface area contributed by atoms with Crippen LogP contribution in [0, 0.1) is 0 Å². The fourth-order valence-corrected chi connectivity index (χ4v) is 1.87. The summed E-state index contributed by atoms with van der Waals surface area (Å²) in [6.07, 6.45) is 2.35. The number of amides is 1. The molecule has 0 bridgehead atoms. The second kappa shape index (κ2) is 5.54. The van der Waals surface area contributed by atoms with E-state index < -0.39 is 0 Å². The summed E-state index contributed by atoms with van der Waals surface area (Å²) < 4.78 is 5.13. The topological polar surface area (TPSA) is 33.5 Å². The number of hydrogen-bond acceptors (Lipinski definition) is 2. The Morgan fingerprint density at radius 3 is 2.56 bits per heavy atom. The molecule has 3 nitrogen and oxygen atoms in total. The smallest absolute Gasteiger partial charge is 0.289 e. The Labute approximate surface area is 107 Å². The van der Waals surface area contributed by atoms with Gasteiger partial charge in [0.25, 0.3) is 5.91 Å². The first-order valence-corrected chi connectivity index (χ1v) is 6.03. The lowest BCUT2D eigenvalue weighted by molar-refractivity contribution is 0.0711. The maximum absolute atomic E-state index is 12.1. The van der Waals surface area contributed by atoms with Gasteiger partial charge in [-0.1, -0.05) is 30.3 Å². The fourth-order valence-electron chi connectivity index (χ4n) is 1.87. The molecule has 1 heterocycles. The van der Waals surface area contributed by atoms with Gasteiger partial charge in [0, 0.05) is 13.1 Å². The Kier molecular flexibility index (Phi) is 3.82. The molecule has 0 aliphatic rings. The van der Waals surface area contributed by atoms with E-state index in [2.05, 4.69) is 12.1 Å². The quantitative estimate of drug-likeness (QED) is 0.827. The van der Waals surface area contributed by atoms with Crippen molar-refractivity contribution in [3.05, 3.63) is 60.1 Å². The van der Waals surface area contributed by atoms with E-state index in [0.717, 1.165) is 6.42 Å². The zero-order chi connectivity index (χ0) is 13.0. The van der Waals surface area contributed by atoms with Crippen molar-refractivity contribution in [2.75, 3.05) is 7.05 Å². The summed E-state index contributed by atoms with van der Waals surface area (Å²) in [7, 11) is 1.80. The number of likely N-dealkylation sites (N-methyl/N-ethyl adjacent to an activating group) is 1. The minimum atomic E-state index is -0.0802. The first kappa shape index (κ1) is 12.4. The van der Waals surface area contributed by atoms with Crippen LogP contribution >= 0.6 is 0 Å². The maximum atomic E-state index is 12.1. The Bertz CT molecular complexity index is 490. The molecular formula is C15H17NO2. The van der Waals surface area contributed by atoms with Gasteiger partial charge in [-0.05, 0) is 31.0 Å². The summed E-state index contributed by atoms with van der Waals surface area (Å²) in [4.78, 5) is 13.8. The van der Waals surface area contributed by atoms with Gasteiger partial charge >= 0.3 is 0 Å². The second-order valence-electron chi connectivity index (χ2n) is 4.43. The lowest BCUT2D eigenvalue weighted by atomic mass is 10.1. The van der Waals surface area contributed by atoms with Crippen LogP contribution < -0.4 is 0 Å². The molecule has 94 valence electrons. The average Bonchev–Trinajstić information content (AvgIpc) is 2.92. The highest BCUT2D eigenvalue weighted by Crippen LogP contribution is 2.11. The van der Waals surface area contributed by atoms with Crippen LogP contribution in [0.3, 0.4) is 0 Å². The molecule has 0 saturated heterocycles. The Morgan fingerprint density at radius 1 is 1.22 bits per heavy atom. The van der Waals surface area contributed by atoms with Crippen LogP contribution in [0.25, 0.3) is 0 Å². The first-order chi connectivity index (χ1) is 8.68. The molecule has 0 radical (unpaired) electrons. The van der Waals surface area contributed by atoms with Gasteiger partial charge in [0.1, 0.15) is 0 Å². The second-order valence-corrected chi connectivity index (χ2v) is 4.43. The van der Waals surface area contributed by atoms with Crippen LogP contribution in [-0.4, -0.2) is 23.9 Å². The van der Waals surface area contributed by atoms with Crippen LogP contribution in [0.5, 0.6) is 0 Å². The third-order valence-electron chi connectivity index (χ3n) is 3.09. The molecule has 1 aromatic heterocycles. The minimum Gasteiger partial charge on any atom is -0.459 e. The number of furan rings is 1. The van der Waals surface area contributed by atoms with Gasteiger partial charge in [-0.15, -0.1) is 0 Å². The molecule has 1 unspecified atom stereocenters. The summed E-state index contributed by atoms with van der Waals surface area (Å²) >= 11 is 0. The van der Waals surface area contributed by atoms with Crippen molar-refractivity contribution in [1.82, 2.24) is 4.90 Å². The molecule has 0 N–H and O–H groups in total. The van der Waals surface area contributed by atoms with Gasteiger partial charge in [-0.2, -0.15) is 0 Å².